The van der Waals surface area contributed by atoms with Gasteiger partial charge in [-0.1, -0.05) is 0 Å². The number of rotatable bonds is 11. The summed E-state index contributed by atoms with van der Waals surface area (Å²) in [5.41, 5.74) is 1.91. The first-order valence-corrected chi connectivity index (χ1v) is 17.2. The number of amides is 1. The van der Waals surface area contributed by atoms with Crippen LogP contribution in [0.4, 0.5) is 25.8 Å². The second-order valence-corrected chi connectivity index (χ2v) is 12.0. The van der Waals surface area contributed by atoms with E-state index in [-0.39, 0.29) is 16.9 Å². The minimum Gasteiger partial charge on any atom is -0.378 e. The third-order valence-electron chi connectivity index (χ3n) is 8.50. The van der Waals surface area contributed by atoms with Gasteiger partial charge in [-0.25, -0.2) is 13.8 Å². The van der Waals surface area contributed by atoms with Gasteiger partial charge in [-0.3, -0.25) is 14.2 Å². The Balaban J connectivity index is 0.000000442. The number of ether oxygens (including phenoxy) is 4. The van der Waals surface area contributed by atoms with Crippen molar-refractivity contribution in [1.29, 1.82) is 0 Å². The lowest BCUT2D eigenvalue weighted by molar-refractivity contribution is -0.282. The Morgan fingerprint density at radius 3 is 2.18 bits per heavy atom. The fourth-order valence-electron chi connectivity index (χ4n) is 5.78. The normalized spacial score (nSPS) is 15.2. The SMILES string of the molecule is CCOC(OCC)OCC.CN1CCN(c2ccc3ncn(-c4cc(NC(=O)c5cc(F)cc(N6CCOCC6)c5)ccc4F)c(=O)c3c2)CC1. The zero-order valence-electron chi connectivity index (χ0n) is 29.6. The maximum Gasteiger partial charge on any atom is 0.271 e. The summed E-state index contributed by atoms with van der Waals surface area (Å²) >= 11 is 0. The Hall–Kier alpha value is -4.47. The van der Waals surface area contributed by atoms with Gasteiger partial charge in [0.25, 0.3) is 17.9 Å². The molecule has 0 radical (unpaired) electrons. The summed E-state index contributed by atoms with van der Waals surface area (Å²) in [6.45, 7) is 12.9. The Bertz CT molecular complexity index is 1810. The van der Waals surface area contributed by atoms with Crippen molar-refractivity contribution in [2.24, 2.45) is 0 Å². The van der Waals surface area contributed by atoms with Crippen LogP contribution < -0.4 is 20.7 Å². The van der Waals surface area contributed by atoms with Crippen molar-refractivity contribution in [1.82, 2.24) is 14.5 Å². The van der Waals surface area contributed by atoms with Gasteiger partial charge in [0, 0.05) is 81.7 Å². The molecule has 0 saturated carbocycles. The lowest BCUT2D eigenvalue weighted by Gasteiger charge is -2.34. The van der Waals surface area contributed by atoms with Crippen LogP contribution in [0, 0.1) is 11.6 Å². The minimum absolute atomic E-state index is 0.0551. The molecule has 14 heteroatoms. The van der Waals surface area contributed by atoms with Crippen molar-refractivity contribution in [3.63, 3.8) is 0 Å². The third kappa shape index (κ3) is 9.86. The molecule has 2 fully saturated rings. The lowest BCUT2D eigenvalue weighted by Crippen LogP contribution is -2.44. The molecular weight excluding hydrogens is 662 g/mol. The number of hydrogen-bond acceptors (Lipinski definition) is 10. The van der Waals surface area contributed by atoms with Crippen LogP contribution >= 0.6 is 0 Å². The van der Waals surface area contributed by atoms with Gasteiger partial charge in [-0.2, -0.15) is 0 Å². The summed E-state index contributed by atoms with van der Waals surface area (Å²) < 4.78 is 51.2. The highest BCUT2D eigenvalue weighted by molar-refractivity contribution is 6.05. The zero-order valence-corrected chi connectivity index (χ0v) is 29.6. The molecule has 0 unspecified atom stereocenters. The lowest BCUT2D eigenvalue weighted by atomic mass is 10.1. The fraction of sp³-hybridized carbons (Fsp3) is 0.432. The van der Waals surface area contributed by atoms with E-state index in [1.165, 1.54) is 30.6 Å². The molecule has 2 aliphatic heterocycles. The number of hydrogen-bond donors (Lipinski definition) is 1. The smallest absolute Gasteiger partial charge is 0.271 e. The number of carbonyl (C=O) groups is 1. The molecule has 2 aliphatic rings. The molecule has 3 aromatic carbocycles. The fourth-order valence-corrected chi connectivity index (χ4v) is 5.78. The second kappa shape index (κ2) is 18.1. The molecule has 1 aromatic heterocycles. The molecule has 1 amide bonds. The molecule has 0 spiro atoms. The maximum absolute atomic E-state index is 15.0. The van der Waals surface area contributed by atoms with Gasteiger partial charge in [0.2, 0.25) is 0 Å². The van der Waals surface area contributed by atoms with Crippen LogP contribution in [-0.4, -0.2) is 106 Å². The molecule has 2 saturated heterocycles. The Kier molecular flexibility index (Phi) is 13.4. The molecule has 12 nitrogen and oxygen atoms in total. The predicted molar refractivity (Wildman–Crippen MR) is 193 cm³/mol. The van der Waals surface area contributed by atoms with Gasteiger partial charge in [0.15, 0.2) is 0 Å². The van der Waals surface area contributed by atoms with Gasteiger partial charge in [0.05, 0.1) is 29.8 Å². The summed E-state index contributed by atoms with van der Waals surface area (Å²) in [4.78, 5) is 37.4. The van der Waals surface area contributed by atoms with Gasteiger partial charge < -0.3 is 39.0 Å². The van der Waals surface area contributed by atoms with Crippen LogP contribution in [0.3, 0.4) is 0 Å². The number of piperazine rings is 1. The monoisotopic (exact) mass is 708 g/mol. The standard InChI is InChI=1S/C30H30F2N6O3.C7H16O3/c1-35-6-8-36(9-7-35)23-3-5-27-25(18-23)30(40)38(19-33-27)28-17-22(2-4-26(28)32)34-29(39)20-14-21(31)16-24(15-20)37-10-12-41-13-11-37;1-4-8-7(9-5-2)10-6-3/h2-5,14-19H,6-13H2,1H3,(H,34,39);7H,4-6H2,1-3H3. The minimum atomic E-state index is -0.651. The highest BCUT2D eigenvalue weighted by Gasteiger charge is 2.19. The van der Waals surface area contributed by atoms with E-state index in [0.29, 0.717) is 62.7 Å². The van der Waals surface area contributed by atoms with E-state index in [1.54, 1.807) is 18.2 Å². The molecule has 4 aromatic rings. The molecule has 6 rings (SSSR count). The second-order valence-electron chi connectivity index (χ2n) is 12.0. The molecule has 51 heavy (non-hydrogen) atoms. The number of anilines is 3. The number of benzene rings is 3. The van der Waals surface area contributed by atoms with Crippen LogP contribution in [0.25, 0.3) is 16.6 Å². The first-order valence-electron chi connectivity index (χ1n) is 17.2. The molecule has 1 N–H and O–H groups in total. The van der Waals surface area contributed by atoms with Crippen LogP contribution in [0.1, 0.15) is 31.1 Å². The predicted octanol–water partition coefficient (Wildman–Crippen LogP) is 4.88. The van der Waals surface area contributed by atoms with E-state index in [1.807, 2.05) is 31.7 Å². The molecule has 0 aliphatic carbocycles. The summed E-state index contributed by atoms with van der Waals surface area (Å²) in [5.74, 6) is -1.75. The van der Waals surface area contributed by atoms with Crippen molar-refractivity contribution < 1.29 is 32.5 Å². The number of nitrogens with zero attached hydrogens (tertiary/aromatic N) is 5. The zero-order chi connectivity index (χ0) is 36.3. The van der Waals surface area contributed by atoms with E-state index >= 15 is 4.39 Å². The van der Waals surface area contributed by atoms with Crippen molar-refractivity contribution in [3.05, 3.63) is 88.5 Å². The van der Waals surface area contributed by atoms with Gasteiger partial charge in [-0.05, 0) is 82.4 Å². The Morgan fingerprint density at radius 2 is 1.51 bits per heavy atom. The molecule has 0 bridgehead atoms. The van der Waals surface area contributed by atoms with E-state index in [4.69, 9.17) is 18.9 Å². The van der Waals surface area contributed by atoms with E-state index in [2.05, 4.69) is 27.1 Å². The number of aromatic nitrogens is 2. The van der Waals surface area contributed by atoms with Crippen molar-refractivity contribution in [2.45, 2.75) is 27.2 Å². The summed E-state index contributed by atoms with van der Waals surface area (Å²) in [7, 11) is 2.08. The molecular formula is C37H46F2N6O6. The van der Waals surface area contributed by atoms with Gasteiger partial charge in [0.1, 0.15) is 18.0 Å². The van der Waals surface area contributed by atoms with Crippen LogP contribution in [0.2, 0.25) is 0 Å². The topological polar surface area (TPSA) is 111 Å². The largest absolute Gasteiger partial charge is 0.378 e. The van der Waals surface area contributed by atoms with Crippen molar-refractivity contribution in [2.75, 3.05) is 94.5 Å². The number of likely N-dealkylation sites (N-methyl/N-ethyl adjacent to an activating group) is 1. The van der Waals surface area contributed by atoms with Crippen LogP contribution in [-0.2, 0) is 18.9 Å². The van der Waals surface area contributed by atoms with E-state index in [9.17, 15) is 14.0 Å². The first-order chi connectivity index (χ1) is 24.7. The Morgan fingerprint density at radius 1 is 0.843 bits per heavy atom. The van der Waals surface area contributed by atoms with Gasteiger partial charge >= 0.3 is 0 Å². The molecule has 0 atom stereocenters. The number of carbonyl (C=O) groups excluding carboxylic acids is 1. The average Bonchev–Trinajstić information content (AvgIpc) is 3.14. The van der Waals surface area contributed by atoms with Crippen LogP contribution in [0.15, 0.2) is 65.7 Å². The van der Waals surface area contributed by atoms with E-state index < -0.39 is 29.6 Å². The number of nitrogens with one attached hydrogen (secondary N) is 1. The third-order valence-corrected chi connectivity index (χ3v) is 8.50. The highest BCUT2D eigenvalue weighted by Crippen LogP contribution is 2.24. The quantitative estimate of drug-likeness (QED) is 0.217. The average molecular weight is 709 g/mol. The number of halogens is 2. The van der Waals surface area contributed by atoms with E-state index in [0.717, 1.165) is 42.5 Å². The number of morpholine rings is 1. The summed E-state index contributed by atoms with van der Waals surface area (Å²) in [6.07, 6.45) is 1.28. The summed E-state index contributed by atoms with van der Waals surface area (Å²) in [5, 5.41) is 3.07. The Labute approximate surface area is 296 Å². The summed E-state index contributed by atoms with van der Waals surface area (Å²) in [6, 6.07) is 13.6. The molecule has 3 heterocycles. The maximum atomic E-state index is 15.0. The van der Waals surface area contributed by atoms with Crippen LogP contribution in [0.5, 0.6) is 0 Å². The highest BCUT2D eigenvalue weighted by atomic mass is 19.1. The van der Waals surface area contributed by atoms with Crippen molar-refractivity contribution in [3.8, 4) is 5.69 Å². The van der Waals surface area contributed by atoms with Gasteiger partial charge in [-0.15, -0.1) is 0 Å². The number of fused-ring (bicyclic) bond motifs is 1. The van der Waals surface area contributed by atoms with Crippen molar-refractivity contribution >= 4 is 33.9 Å². The first kappa shape index (κ1) is 37.8. The molecule has 274 valence electrons.